The molecule has 0 aliphatic carbocycles. The van der Waals surface area contributed by atoms with Crippen molar-refractivity contribution in [3.8, 4) is 0 Å². The Bertz CT molecular complexity index is 905. The lowest BCUT2D eigenvalue weighted by molar-refractivity contribution is 0.102. The number of carbonyl (C=O) groups is 1. The van der Waals surface area contributed by atoms with E-state index in [4.69, 9.17) is 0 Å². The van der Waals surface area contributed by atoms with E-state index in [9.17, 15) is 13.2 Å². The molecule has 0 heterocycles. The smallest absolute Gasteiger partial charge is 0.255 e. The summed E-state index contributed by atoms with van der Waals surface area (Å²) in [5, 5.41) is 2.83. The highest BCUT2D eigenvalue weighted by Gasteiger charge is 2.17. The molecule has 0 bridgehead atoms. The van der Waals surface area contributed by atoms with E-state index < -0.39 is 10.0 Å². The number of nitrogens with zero attached hydrogens (tertiary/aromatic N) is 1. The Morgan fingerprint density at radius 3 is 2.56 bits per heavy atom. The van der Waals surface area contributed by atoms with Gasteiger partial charge < -0.3 is 5.32 Å². The van der Waals surface area contributed by atoms with Gasteiger partial charge in [0, 0.05) is 11.3 Å². The maximum absolute atomic E-state index is 12.5. The highest BCUT2D eigenvalue weighted by molar-refractivity contribution is 7.92. The quantitative estimate of drug-likeness (QED) is 0.804. The number of hydrogen-bond acceptors (Lipinski definition) is 3. The number of aryl methyl sites for hydroxylation is 2. The first kappa shape index (κ1) is 18.7. The van der Waals surface area contributed by atoms with Crippen molar-refractivity contribution in [1.29, 1.82) is 0 Å². The van der Waals surface area contributed by atoms with E-state index in [0.717, 1.165) is 17.4 Å². The molecule has 0 unspecified atom stereocenters. The van der Waals surface area contributed by atoms with Crippen LogP contribution in [0.25, 0.3) is 0 Å². The fourth-order valence-electron chi connectivity index (χ4n) is 2.47. The molecule has 1 N–H and O–H groups in total. The maximum atomic E-state index is 12.5. The van der Waals surface area contributed by atoms with Crippen molar-refractivity contribution in [2.45, 2.75) is 13.8 Å². The topological polar surface area (TPSA) is 66.5 Å². The van der Waals surface area contributed by atoms with Crippen molar-refractivity contribution in [2.75, 3.05) is 22.4 Å². The summed E-state index contributed by atoms with van der Waals surface area (Å²) in [5.41, 5.74) is 3.47. The van der Waals surface area contributed by atoms with E-state index in [1.54, 1.807) is 24.3 Å². The van der Waals surface area contributed by atoms with Gasteiger partial charge >= 0.3 is 0 Å². The molecule has 0 spiro atoms. The molecule has 0 fully saturated rings. The third kappa shape index (κ3) is 4.70. The van der Waals surface area contributed by atoms with Crippen LogP contribution in [0.3, 0.4) is 0 Å². The van der Waals surface area contributed by atoms with Crippen molar-refractivity contribution in [3.63, 3.8) is 0 Å². The van der Waals surface area contributed by atoms with E-state index in [0.29, 0.717) is 16.9 Å². The molecule has 2 aromatic carbocycles. The number of sulfonamides is 1. The van der Waals surface area contributed by atoms with Gasteiger partial charge in [0.25, 0.3) is 5.91 Å². The third-order valence-corrected chi connectivity index (χ3v) is 4.89. The minimum atomic E-state index is -3.44. The molecule has 0 aliphatic heterocycles. The second-order valence-electron chi connectivity index (χ2n) is 5.91. The number of nitrogens with one attached hydrogen (secondary N) is 1. The number of hydrogen-bond donors (Lipinski definition) is 1. The first-order valence-corrected chi connectivity index (χ1v) is 9.64. The lowest BCUT2D eigenvalue weighted by Gasteiger charge is -2.21. The van der Waals surface area contributed by atoms with Crippen LogP contribution >= 0.6 is 0 Å². The van der Waals surface area contributed by atoms with E-state index in [1.807, 2.05) is 32.0 Å². The summed E-state index contributed by atoms with van der Waals surface area (Å²) >= 11 is 0. The summed E-state index contributed by atoms with van der Waals surface area (Å²) in [5.74, 6) is -0.229. The Balaban J connectivity index is 2.31. The molecule has 0 radical (unpaired) electrons. The fraction of sp³-hybridized carbons (Fsp3) is 0.211. The van der Waals surface area contributed by atoms with Gasteiger partial charge in [-0.05, 0) is 43.7 Å². The van der Waals surface area contributed by atoms with Crippen LogP contribution in [0.1, 0.15) is 21.5 Å². The predicted octanol–water partition coefficient (Wildman–Crippen LogP) is 3.51. The Kier molecular flexibility index (Phi) is 5.64. The zero-order valence-electron chi connectivity index (χ0n) is 14.6. The lowest BCUT2D eigenvalue weighted by Crippen LogP contribution is -2.29. The van der Waals surface area contributed by atoms with Crippen LogP contribution in [-0.2, 0) is 10.0 Å². The Morgan fingerprint density at radius 1 is 1.20 bits per heavy atom. The molecular formula is C19H22N2O3S. The van der Waals surface area contributed by atoms with E-state index in [2.05, 4.69) is 11.9 Å². The van der Waals surface area contributed by atoms with Crippen molar-refractivity contribution in [3.05, 3.63) is 71.8 Å². The molecule has 2 rings (SSSR count). The zero-order valence-corrected chi connectivity index (χ0v) is 15.4. The fourth-order valence-corrected chi connectivity index (χ4v) is 3.34. The van der Waals surface area contributed by atoms with E-state index >= 15 is 0 Å². The molecule has 2 aromatic rings. The van der Waals surface area contributed by atoms with Gasteiger partial charge in [0.15, 0.2) is 0 Å². The summed E-state index contributed by atoms with van der Waals surface area (Å²) in [6.45, 7) is 7.55. The van der Waals surface area contributed by atoms with Crippen molar-refractivity contribution in [2.24, 2.45) is 0 Å². The summed E-state index contributed by atoms with van der Waals surface area (Å²) in [7, 11) is -3.44. The van der Waals surface area contributed by atoms with Crippen molar-refractivity contribution < 1.29 is 13.2 Å². The normalized spacial score (nSPS) is 11.0. The molecule has 5 nitrogen and oxygen atoms in total. The second kappa shape index (κ2) is 7.53. The van der Waals surface area contributed by atoms with E-state index in [-0.39, 0.29) is 12.5 Å². The molecule has 0 saturated heterocycles. The first-order chi connectivity index (χ1) is 11.7. The van der Waals surface area contributed by atoms with Crippen LogP contribution in [0, 0.1) is 13.8 Å². The number of amides is 1. The summed E-state index contributed by atoms with van der Waals surface area (Å²) < 4.78 is 25.1. The van der Waals surface area contributed by atoms with Crippen LogP contribution in [0.15, 0.2) is 55.1 Å². The molecule has 0 saturated carbocycles. The first-order valence-electron chi connectivity index (χ1n) is 7.79. The minimum Gasteiger partial charge on any atom is -0.322 e. The summed E-state index contributed by atoms with van der Waals surface area (Å²) in [6.07, 6.45) is 2.65. The average molecular weight is 358 g/mol. The molecule has 0 aliphatic rings. The van der Waals surface area contributed by atoms with Gasteiger partial charge in [0.1, 0.15) is 0 Å². The molecule has 6 heteroatoms. The highest BCUT2D eigenvalue weighted by atomic mass is 32.2. The maximum Gasteiger partial charge on any atom is 0.255 e. The minimum absolute atomic E-state index is 0.160. The Morgan fingerprint density at radius 2 is 1.92 bits per heavy atom. The number of carbonyl (C=O) groups excluding carboxylic acids is 1. The zero-order chi connectivity index (χ0) is 18.6. The molecule has 1 amide bonds. The summed E-state index contributed by atoms with van der Waals surface area (Å²) in [6, 6.07) is 12.4. The molecular weight excluding hydrogens is 336 g/mol. The van der Waals surface area contributed by atoms with Gasteiger partial charge in [-0.3, -0.25) is 9.10 Å². The van der Waals surface area contributed by atoms with Gasteiger partial charge in [0.2, 0.25) is 10.0 Å². The predicted molar refractivity (Wildman–Crippen MR) is 103 cm³/mol. The third-order valence-electron chi connectivity index (χ3n) is 3.72. The molecule has 0 aromatic heterocycles. The van der Waals surface area contributed by atoms with Crippen molar-refractivity contribution >= 4 is 27.3 Å². The number of anilines is 2. The second-order valence-corrected chi connectivity index (χ2v) is 7.81. The molecule has 25 heavy (non-hydrogen) atoms. The van der Waals surface area contributed by atoms with Crippen LogP contribution in [0.4, 0.5) is 11.4 Å². The van der Waals surface area contributed by atoms with Crippen LogP contribution < -0.4 is 9.62 Å². The van der Waals surface area contributed by atoms with Crippen LogP contribution in [-0.4, -0.2) is 27.1 Å². The van der Waals surface area contributed by atoms with Crippen molar-refractivity contribution in [1.82, 2.24) is 0 Å². The Labute approximate surface area is 149 Å². The number of rotatable bonds is 6. The van der Waals surface area contributed by atoms with Gasteiger partial charge in [-0.15, -0.1) is 6.58 Å². The summed E-state index contributed by atoms with van der Waals surface area (Å²) in [4.78, 5) is 12.5. The average Bonchev–Trinajstić information content (AvgIpc) is 2.54. The van der Waals surface area contributed by atoms with Gasteiger partial charge in [-0.25, -0.2) is 8.42 Å². The molecule has 0 atom stereocenters. The lowest BCUT2D eigenvalue weighted by atomic mass is 10.0. The van der Waals surface area contributed by atoms with Crippen LogP contribution in [0.2, 0.25) is 0 Å². The monoisotopic (exact) mass is 358 g/mol. The number of benzene rings is 2. The Hall–Kier alpha value is -2.60. The standard InChI is InChI=1S/C19H22N2O3S/c1-5-11-21(25(4,23)24)17-8-6-7-16(13-17)20-19(22)18-12-14(2)9-10-15(18)3/h5-10,12-13H,1,11H2,2-4H3,(H,20,22). The largest absolute Gasteiger partial charge is 0.322 e. The van der Waals surface area contributed by atoms with Gasteiger partial charge in [-0.1, -0.05) is 29.8 Å². The highest BCUT2D eigenvalue weighted by Crippen LogP contribution is 2.22. The van der Waals surface area contributed by atoms with E-state index in [1.165, 1.54) is 10.4 Å². The van der Waals surface area contributed by atoms with Crippen LogP contribution in [0.5, 0.6) is 0 Å². The SMILES string of the molecule is C=CCN(c1cccc(NC(=O)c2cc(C)ccc2C)c1)S(C)(=O)=O. The van der Waals surface area contributed by atoms with Gasteiger partial charge in [0.05, 0.1) is 18.5 Å². The molecule has 132 valence electrons. The van der Waals surface area contributed by atoms with Gasteiger partial charge in [-0.2, -0.15) is 0 Å².